The van der Waals surface area contributed by atoms with Crippen LogP contribution in [-0.2, 0) is 0 Å². The number of azide groups is 1. The average molecular weight is 194 g/mol. The maximum Gasteiger partial charge on any atom is 0.137 e. The number of hydrogen-bond acceptors (Lipinski definition) is 4. The van der Waals surface area contributed by atoms with Gasteiger partial charge in [-0.25, -0.2) is 0 Å². The van der Waals surface area contributed by atoms with Gasteiger partial charge in [-0.2, -0.15) is 0 Å². The zero-order valence-electron chi connectivity index (χ0n) is 7.66. The summed E-state index contributed by atoms with van der Waals surface area (Å²) >= 11 is 0. The van der Waals surface area contributed by atoms with Crippen LogP contribution in [0.2, 0.25) is 0 Å². The Balaban J connectivity index is 2.88. The zero-order chi connectivity index (χ0) is 10.4. The lowest BCUT2D eigenvalue weighted by Crippen LogP contribution is -2.02. The predicted molar refractivity (Wildman–Crippen MR) is 49.8 cm³/mol. The van der Waals surface area contributed by atoms with Crippen molar-refractivity contribution in [1.29, 1.82) is 0 Å². The molecule has 1 aromatic rings. The lowest BCUT2D eigenvalue weighted by molar-refractivity contribution is 0.265. The van der Waals surface area contributed by atoms with Crippen molar-refractivity contribution in [3.8, 4) is 5.75 Å². The molecule has 0 aliphatic carbocycles. The first-order valence-electron chi connectivity index (χ1n) is 3.96. The van der Waals surface area contributed by atoms with E-state index in [1.54, 1.807) is 12.1 Å². The second-order valence-corrected chi connectivity index (χ2v) is 2.53. The van der Waals surface area contributed by atoms with E-state index in [1.807, 2.05) is 0 Å². The highest BCUT2D eigenvalue weighted by Crippen LogP contribution is 2.17. The molecule has 0 bridgehead atoms. The molecule has 1 unspecified atom stereocenters. The minimum absolute atomic E-state index is 0.261. The molecule has 6 heteroatoms. The first-order chi connectivity index (χ1) is 6.81. The number of aliphatic hydroxyl groups is 1. The first-order valence-corrected chi connectivity index (χ1v) is 3.96. The second kappa shape index (κ2) is 5.06. The predicted octanol–water partition coefficient (Wildman–Crippen LogP) is 1.43. The molecule has 0 spiro atoms. The lowest BCUT2D eigenvalue weighted by atomic mass is 10.2. The Morgan fingerprint density at radius 1 is 1.71 bits per heavy atom. The van der Waals surface area contributed by atoms with E-state index in [2.05, 4.69) is 15.0 Å². The van der Waals surface area contributed by atoms with Gasteiger partial charge < -0.3 is 9.84 Å². The van der Waals surface area contributed by atoms with Gasteiger partial charge in [-0.05, 0) is 17.7 Å². The summed E-state index contributed by atoms with van der Waals surface area (Å²) in [5.74, 6) is 0.617. The third-order valence-electron chi connectivity index (χ3n) is 1.70. The molecule has 0 aliphatic rings. The fourth-order valence-corrected chi connectivity index (χ4v) is 0.961. The van der Waals surface area contributed by atoms with Crippen molar-refractivity contribution < 1.29 is 9.84 Å². The summed E-state index contributed by atoms with van der Waals surface area (Å²) in [5.41, 5.74) is 8.74. The monoisotopic (exact) mass is 194 g/mol. The Morgan fingerprint density at radius 2 is 2.50 bits per heavy atom. The van der Waals surface area contributed by atoms with Gasteiger partial charge in [-0.15, -0.1) is 0 Å². The van der Waals surface area contributed by atoms with Crippen molar-refractivity contribution in [3.63, 3.8) is 0 Å². The standard InChI is InChI=1S/C8H10N4O2/c1-14-6-2-3-7(10-4-6)8(5-13)11-12-9/h2-4,8,13H,5H2,1H3. The van der Waals surface area contributed by atoms with Gasteiger partial charge in [0, 0.05) is 4.91 Å². The van der Waals surface area contributed by atoms with Gasteiger partial charge in [0.25, 0.3) is 0 Å². The number of aromatic nitrogens is 1. The number of rotatable bonds is 4. The van der Waals surface area contributed by atoms with Crippen molar-refractivity contribution in [1.82, 2.24) is 4.98 Å². The molecule has 0 radical (unpaired) electrons. The summed E-state index contributed by atoms with van der Waals surface area (Å²) in [6.07, 6.45) is 1.50. The molecule has 74 valence electrons. The SMILES string of the molecule is COc1ccc(C(CO)N=[N+]=[N-])nc1. The smallest absolute Gasteiger partial charge is 0.137 e. The molecule has 1 atom stereocenters. The van der Waals surface area contributed by atoms with Gasteiger partial charge >= 0.3 is 0 Å². The summed E-state index contributed by atoms with van der Waals surface area (Å²) in [7, 11) is 1.54. The third kappa shape index (κ3) is 2.35. The van der Waals surface area contributed by atoms with Crippen molar-refractivity contribution in [2.45, 2.75) is 6.04 Å². The van der Waals surface area contributed by atoms with Crippen molar-refractivity contribution in [2.75, 3.05) is 13.7 Å². The van der Waals surface area contributed by atoms with E-state index in [9.17, 15) is 0 Å². The van der Waals surface area contributed by atoms with E-state index in [0.29, 0.717) is 11.4 Å². The van der Waals surface area contributed by atoms with Crippen LogP contribution in [-0.4, -0.2) is 23.8 Å². The normalized spacial score (nSPS) is 11.6. The topological polar surface area (TPSA) is 91.1 Å². The van der Waals surface area contributed by atoms with Crippen LogP contribution in [0.25, 0.3) is 10.4 Å². The number of aliphatic hydroxyl groups excluding tert-OH is 1. The first kappa shape index (κ1) is 10.3. The Kier molecular flexibility index (Phi) is 3.72. The van der Waals surface area contributed by atoms with Crippen LogP contribution in [0, 0.1) is 0 Å². The third-order valence-corrected chi connectivity index (χ3v) is 1.70. The van der Waals surface area contributed by atoms with Gasteiger partial charge in [-0.1, -0.05) is 5.11 Å². The molecule has 1 N–H and O–H groups in total. The number of hydrogen-bond donors (Lipinski definition) is 1. The summed E-state index contributed by atoms with van der Waals surface area (Å²) in [5, 5.41) is 12.3. The fourth-order valence-electron chi connectivity index (χ4n) is 0.961. The van der Waals surface area contributed by atoms with Gasteiger partial charge in [0.15, 0.2) is 0 Å². The highest BCUT2D eigenvalue weighted by atomic mass is 16.5. The second-order valence-electron chi connectivity index (χ2n) is 2.53. The van der Waals surface area contributed by atoms with Crippen molar-refractivity contribution >= 4 is 0 Å². The molecule has 0 saturated carbocycles. The molecule has 6 nitrogen and oxygen atoms in total. The maximum atomic E-state index is 8.90. The minimum atomic E-state index is -0.633. The largest absolute Gasteiger partial charge is 0.495 e. The molecule has 0 amide bonds. The van der Waals surface area contributed by atoms with E-state index in [-0.39, 0.29) is 6.61 Å². The Bertz CT molecular complexity index is 332. The van der Waals surface area contributed by atoms with Gasteiger partial charge in [-0.3, -0.25) is 4.98 Å². The molecule has 14 heavy (non-hydrogen) atoms. The molecular weight excluding hydrogens is 184 g/mol. The summed E-state index contributed by atoms with van der Waals surface area (Å²) in [4.78, 5) is 6.61. The molecule has 0 fully saturated rings. The van der Waals surface area contributed by atoms with Gasteiger partial charge in [0.05, 0.1) is 25.6 Å². The van der Waals surface area contributed by atoms with Crippen LogP contribution in [0.4, 0.5) is 0 Å². The van der Waals surface area contributed by atoms with Crippen LogP contribution < -0.4 is 4.74 Å². The highest BCUT2D eigenvalue weighted by molar-refractivity contribution is 5.21. The number of ether oxygens (including phenoxy) is 1. The molecule has 0 aromatic carbocycles. The molecular formula is C8H10N4O2. The molecule has 0 saturated heterocycles. The summed E-state index contributed by atoms with van der Waals surface area (Å²) < 4.78 is 4.91. The lowest BCUT2D eigenvalue weighted by Gasteiger charge is -2.06. The Hall–Kier alpha value is -1.78. The van der Waals surface area contributed by atoms with E-state index >= 15 is 0 Å². The van der Waals surface area contributed by atoms with Crippen LogP contribution >= 0.6 is 0 Å². The molecule has 1 rings (SSSR count). The van der Waals surface area contributed by atoms with Crippen LogP contribution in [0.15, 0.2) is 23.4 Å². The van der Waals surface area contributed by atoms with Crippen molar-refractivity contribution in [2.24, 2.45) is 5.11 Å². The van der Waals surface area contributed by atoms with E-state index in [4.69, 9.17) is 15.4 Å². The highest BCUT2D eigenvalue weighted by Gasteiger charge is 2.08. The van der Waals surface area contributed by atoms with E-state index < -0.39 is 6.04 Å². The van der Waals surface area contributed by atoms with Gasteiger partial charge in [0.1, 0.15) is 11.8 Å². The fraction of sp³-hybridized carbons (Fsp3) is 0.375. The minimum Gasteiger partial charge on any atom is -0.495 e. The summed E-state index contributed by atoms with van der Waals surface area (Å²) in [6, 6.07) is 2.71. The van der Waals surface area contributed by atoms with Gasteiger partial charge in [0.2, 0.25) is 0 Å². The van der Waals surface area contributed by atoms with E-state index in [0.717, 1.165) is 0 Å². The van der Waals surface area contributed by atoms with Crippen LogP contribution in [0.1, 0.15) is 11.7 Å². The number of methoxy groups -OCH3 is 1. The van der Waals surface area contributed by atoms with Crippen LogP contribution in [0.3, 0.4) is 0 Å². The van der Waals surface area contributed by atoms with E-state index in [1.165, 1.54) is 13.3 Å². The maximum absolute atomic E-state index is 8.90. The zero-order valence-corrected chi connectivity index (χ0v) is 7.66. The molecule has 1 aromatic heterocycles. The molecule has 0 aliphatic heterocycles. The number of nitrogens with zero attached hydrogens (tertiary/aromatic N) is 4. The quantitative estimate of drug-likeness (QED) is 0.446. The Morgan fingerprint density at radius 3 is 2.93 bits per heavy atom. The average Bonchev–Trinajstić information content (AvgIpc) is 2.26. The van der Waals surface area contributed by atoms with Crippen molar-refractivity contribution in [3.05, 3.63) is 34.5 Å². The number of pyridine rings is 1. The summed E-state index contributed by atoms with van der Waals surface area (Å²) in [6.45, 7) is -0.261. The Labute approximate surface area is 80.8 Å². The molecule has 1 heterocycles. The van der Waals surface area contributed by atoms with Crippen LogP contribution in [0.5, 0.6) is 5.75 Å².